The van der Waals surface area contributed by atoms with Gasteiger partial charge >= 0.3 is 5.97 Å². The summed E-state index contributed by atoms with van der Waals surface area (Å²) < 4.78 is 12.9. The zero-order valence-corrected chi connectivity index (χ0v) is 15.3. The third-order valence-electron chi connectivity index (χ3n) is 4.42. The molecule has 9 heteroatoms. The molecule has 140 valence electrons. The molecule has 2 aromatic rings. The molecule has 3 heterocycles. The Morgan fingerprint density at radius 2 is 2.12 bits per heavy atom. The smallest absolute Gasteiger partial charge is 0.326 e. The number of hydrogen-bond acceptors (Lipinski definition) is 6. The molecule has 0 radical (unpaired) electrons. The van der Waals surface area contributed by atoms with Crippen molar-refractivity contribution in [2.45, 2.75) is 39.9 Å². The Kier molecular flexibility index (Phi) is 4.82. The molecular weight excluding hydrogens is 340 g/mol. The van der Waals surface area contributed by atoms with Crippen LogP contribution < -0.4 is 5.56 Å². The molecule has 9 nitrogen and oxygen atoms in total. The highest BCUT2D eigenvalue weighted by Gasteiger charge is 2.37. The third-order valence-corrected chi connectivity index (χ3v) is 4.42. The van der Waals surface area contributed by atoms with Crippen molar-refractivity contribution in [1.82, 2.24) is 19.1 Å². The maximum atomic E-state index is 13.0. The summed E-state index contributed by atoms with van der Waals surface area (Å²) in [4.78, 5) is 39.5. The van der Waals surface area contributed by atoms with Crippen molar-refractivity contribution in [1.29, 1.82) is 0 Å². The summed E-state index contributed by atoms with van der Waals surface area (Å²) in [6.07, 6.45) is 0. The van der Waals surface area contributed by atoms with E-state index in [0.717, 1.165) is 0 Å². The van der Waals surface area contributed by atoms with E-state index in [1.807, 2.05) is 6.92 Å². The Morgan fingerprint density at radius 1 is 1.38 bits per heavy atom. The van der Waals surface area contributed by atoms with Crippen LogP contribution in [-0.2, 0) is 27.4 Å². The molecule has 0 saturated carbocycles. The van der Waals surface area contributed by atoms with E-state index >= 15 is 0 Å². The van der Waals surface area contributed by atoms with E-state index in [1.54, 1.807) is 31.9 Å². The van der Waals surface area contributed by atoms with Gasteiger partial charge in [0.15, 0.2) is 0 Å². The number of nitrogens with zero attached hydrogens (tertiary/aromatic N) is 4. The number of amides is 1. The quantitative estimate of drug-likeness (QED) is 0.689. The first-order valence-corrected chi connectivity index (χ1v) is 8.46. The van der Waals surface area contributed by atoms with Crippen LogP contribution in [0.15, 0.2) is 10.9 Å². The van der Waals surface area contributed by atoms with Crippen LogP contribution in [0.3, 0.4) is 0 Å². The average molecular weight is 362 g/mol. The van der Waals surface area contributed by atoms with Crippen LogP contribution in [0.25, 0.3) is 5.65 Å². The van der Waals surface area contributed by atoms with Crippen molar-refractivity contribution >= 4 is 17.5 Å². The van der Waals surface area contributed by atoms with E-state index in [1.165, 1.54) is 9.08 Å². The summed E-state index contributed by atoms with van der Waals surface area (Å²) in [7, 11) is 1.56. The Labute approximate surface area is 150 Å². The molecule has 0 spiro atoms. The third kappa shape index (κ3) is 2.88. The molecule has 1 aliphatic heterocycles. The molecule has 0 unspecified atom stereocenters. The van der Waals surface area contributed by atoms with Crippen LogP contribution in [-0.4, -0.2) is 57.3 Å². The van der Waals surface area contributed by atoms with E-state index in [0.29, 0.717) is 23.5 Å². The van der Waals surface area contributed by atoms with E-state index < -0.39 is 5.97 Å². The number of rotatable bonds is 6. The Balaban J connectivity index is 2.17. The second-order valence-corrected chi connectivity index (χ2v) is 6.32. The molecular formula is C17H22N4O5. The summed E-state index contributed by atoms with van der Waals surface area (Å²) in [6, 6.07) is 1.47. The molecule has 0 fully saturated rings. The predicted octanol–water partition coefficient (Wildman–Crippen LogP) is 0.358. The molecule has 0 saturated heterocycles. The summed E-state index contributed by atoms with van der Waals surface area (Å²) >= 11 is 0. The van der Waals surface area contributed by atoms with E-state index in [-0.39, 0.29) is 42.9 Å². The standard InChI is InChI=1S/C17H22N4O5/c1-5-26-14(22)8-20-13-6-10(2)18-21(13)16(23)12-7-19(11(3)9-25-4)17(24)15(12)20/h6,11H,5,7-9H2,1-4H3/t11-/m0/s1. The molecule has 0 aromatic carbocycles. The highest BCUT2D eigenvalue weighted by molar-refractivity contribution is 5.97. The maximum absolute atomic E-state index is 13.0. The highest BCUT2D eigenvalue weighted by Crippen LogP contribution is 2.24. The number of fused-ring (bicyclic) bond motifs is 2. The molecule has 3 rings (SSSR count). The van der Waals surface area contributed by atoms with Crippen molar-refractivity contribution in [3.63, 3.8) is 0 Å². The van der Waals surface area contributed by atoms with Crippen molar-refractivity contribution in [3.05, 3.63) is 33.4 Å². The maximum Gasteiger partial charge on any atom is 0.326 e. The lowest BCUT2D eigenvalue weighted by Crippen LogP contribution is -2.37. The minimum Gasteiger partial charge on any atom is -0.465 e. The number of methoxy groups -OCH3 is 1. The summed E-state index contributed by atoms with van der Waals surface area (Å²) in [5.74, 6) is -0.775. The van der Waals surface area contributed by atoms with Gasteiger partial charge in [0.05, 0.1) is 37.1 Å². The lowest BCUT2D eigenvalue weighted by Gasteiger charge is -2.23. The van der Waals surface area contributed by atoms with Gasteiger partial charge in [0.25, 0.3) is 11.5 Å². The number of carbonyl (C=O) groups excluding carboxylic acids is 2. The second kappa shape index (κ2) is 6.91. The number of aryl methyl sites for hydroxylation is 1. The normalized spacial score (nSPS) is 14.8. The number of aromatic nitrogens is 3. The zero-order chi connectivity index (χ0) is 19.0. The van der Waals surface area contributed by atoms with Gasteiger partial charge in [-0.2, -0.15) is 9.61 Å². The first-order valence-electron chi connectivity index (χ1n) is 8.46. The molecule has 2 aromatic heterocycles. The average Bonchev–Trinajstić information content (AvgIpc) is 3.13. The van der Waals surface area contributed by atoms with E-state index in [9.17, 15) is 14.4 Å². The van der Waals surface area contributed by atoms with Crippen molar-refractivity contribution in [3.8, 4) is 0 Å². The Hall–Kier alpha value is -2.68. The first-order chi connectivity index (χ1) is 12.4. The van der Waals surface area contributed by atoms with Crippen LogP contribution in [0.4, 0.5) is 0 Å². The number of esters is 1. The van der Waals surface area contributed by atoms with Gasteiger partial charge in [-0.1, -0.05) is 0 Å². The van der Waals surface area contributed by atoms with Crippen molar-refractivity contribution in [2.24, 2.45) is 0 Å². The number of carbonyl (C=O) groups is 2. The van der Waals surface area contributed by atoms with Gasteiger partial charge in [0.2, 0.25) is 0 Å². The van der Waals surface area contributed by atoms with Crippen LogP contribution >= 0.6 is 0 Å². The SMILES string of the molecule is CCOC(=O)Cn1c2c(c(=O)n3nc(C)cc13)CN([C@@H](C)COC)C2=O. The van der Waals surface area contributed by atoms with Gasteiger partial charge in [-0.15, -0.1) is 0 Å². The molecule has 26 heavy (non-hydrogen) atoms. The molecule has 0 N–H and O–H groups in total. The highest BCUT2D eigenvalue weighted by atomic mass is 16.5. The van der Waals surface area contributed by atoms with E-state index in [4.69, 9.17) is 9.47 Å². The molecule has 1 atom stereocenters. The van der Waals surface area contributed by atoms with Gasteiger partial charge in [0.1, 0.15) is 17.9 Å². The molecule has 0 aliphatic carbocycles. The van der Waals surface area contributed by atoms with Crippen LogP contribution in [0.1, 0.15) is 35.6 Å². The summed E-state index contributed by atoms with van der Waals surface area (Å²) in [5, 5.41) is 4.21. The van der Waals surface area contributed by atoms with Gasteiger partial charge in [0, 0.05) is 13.2 Å². The van der Waals surface area contributed by atoms with Crippen LogP contribution in [0.2, 0.25) is 0 Å². The Bertz CT molecular complexity index is 929. The van der Waals surface area contributed by atoms with E-state index in [2.05, 4.69) is 5.10 Å². The Morgan fingerprint density at radius 3 is 2.77 bits per heavy atom. The minimum atomic E-state index is -0.477. The second-order valence-electron chi connectivity index (χ2n) is 6.32. The number of hydrogen-bond donors (Lipinski definition) is 0. The fraction of sp³-hybridized carbons (Fsp3) is 0.529. The van der Waals surface area contributed by atoms with Gasteiger partial charge in [-0.3, -0.25) is 14.4 Å². The van der Waals surface area contributed by atoms with Crippen molar-refractivity contribution in [2.75, 3.05) is 20.3 Å². The lowest BCUT2D eigenvalue weighted by atomic mass is 10.2. The molecule has 0 bridgehead atoms. The summed E-state index contributed by atoms with van der Waals surface area (Å²) in [6.45, 7) is 5.90. The number of ether oxygens (including phenoxy) is 2. The molecule has 1 aliphatic rings. The lowest BCUT2D eigenvalue weighted by molar-refractivity contribution is -0.143. The van der Waals surface area contributed by atoms with Crippen LogP contribution in [0.5, 0.6) is 0 Å². The zero-order valence-electron chi connectivity index (χ0n) is 15.3. The van der Waals surface area contributed by atoms with Crippen LogP contribution in [0, 0.1) is 6.92 Å². The van der Waals surface area contributed by atoms with Gasteiger partial charge in [-0.25, -0.2) is 0 Å². The predicted molar refractivity (Wildman–Crippen MR) is 92.0 cm³/mol. The topological polar surface area (TPSA) is 95.1 Å². The molecule has 1 amide bonds. The first kappa shape index (κ1) is 18.1. The van der Waals surface area contributed by atoms with Gasteiger partial charge < -0.3 is 18.9 Å². The van der Waals surface area contributed by atoms with Gasteiger partial charge in [-0.05, 0) is 20.8 Å². The fourth-order valence-electron chi connectivity index (χ4n) is 3.28. The largest absolute Gasteiger partial charge is 0.465 e. The van der Waals surface area contributed by atoms with Crippen molar-refractivity contribution < 1.29 is 19.1 Å². The minimum absolute atomic E-state index is 0.162. The fourth-order valence-corrected chi connectivity index (χ4v) is 3.28. The monoisotopic (exact) mass is 362 g/mol. The summed E-state index contributed by atoms with van der Waals surface area (Å²) in [5.41, 5.74) is 1.23.